The largest absolute Gasteiger partial charge is 0.360 e. The lowest BCUT2D eigenvalue weighted by Gasteiger charge is -2.05. The molecule has 3 nitrogen and oxygen atoms in total. The van der Waals surface area contributed by atoms with E-state index < -0.39 is 0 Å². The van der Waals surface area contributed by atoms with E-state index in [9.17, 15) is 0 Å². The van der Waals surface area contributed by atoms with Crippen molar-refractivity contribution in [1.29, 1.82) is 0 Å². The topological polar surface area (TPSA) is 37.0 Å². The fraction of sp³-hybridized carbons (Fsp3) is 0.500. The zero-order valence-corrected chi connectivity index (χ0v) is 8.97. The summed E-state index contributed by atoms with van der Waals surface area (Å²) in [5.74, 6) is 0. The number of hydrogen-bond acceptors (Lipinski definition) is 3. The Morgan fingerprint density at radius 2 is 2.46 bits per heavy atom. The standard InChI is InChI=1S/C8H11N3S2/c1-5-4-13-8(9-5)11-7(12)10-6-2-3-6/h4,6H,2-3H2,1H3,(H2,9,10,11,12). The van der Waals surface area contributed by atoms with Crippen LogP contribution in [-0.4, -0.2) is 16.1 Å². The van der Waals surface area contributed by atoms with E-state index in [1.54, 1.807) is 11.3 Å². The van der Waals surface area contributed by atoms with Crippen LogP contribution in [0.3, 0.4) is 0 Å². The third-order valence-electron chi connectivity index (χ3n) is 1.75. The molecule has 5 heteroatoms. The summed E-state index contributed by atoms with van der Waals surface area (Å²) in [5, 5.41) is 9.82. The molecule has 13 heavy (non-hydrogen) atoms. The second kappa shape index (κ2) is 3.59. The van der Waals surface area contributed by atoms with E-state index in [-0.39, 0.29) is 0 Å². The molecule has 1 saturated carbocycles. The third-order valence-corrected chi connectivity index (χ3v) is 2.85. The Morgan fingerprint density at radius 1 is 1.69 bits per heavy atom. The maximum absolute atomic E-state index is 5.11. The van der Waals surface area contributed by atoms with Crippen LogP contribution in [0.5, 0.6) is 0 Å². The predicted octanol–water partition coefficient (Wildman–Crippen LogP) is 1.90. The summed E-state index contributed by atoms with van der Waals surface area (Å²) in [6.45, 7) is 1.97. The average molecular weight is 213 g/mol. The smallest absolute Gasteiger partial charge is 0.189 e. The highest BCUT2D eigenvalue weighted by atomic mass is 32.1. The third kappa shape index (κ3) is 2.63. The number of nitrogens with one attached hydrogen (secondary N) is 2. The number of anilines is 1. The molecule has 0 atom stereocenters. The van der Waals surface area contributed by atoms with E-state index in [2.05, 4.69) is 15.6 Å². The summed E-state index contributed by atoms with van der Waals surface area (Å²) >= 11 is 6.68. The molecule has 1 aliphatic carbocycles. The molecule has 2 rings (SSSR count). The van der Waals surface area contributed by atoms with Gasteiger partial charge in [-0.15, -0.1) is 11.3 Å². The normalized spacial score (nSPS) is 15.5. The lowest BCUT2D eigenvalue weighted by atomic mass is 10.6. The van der Waals surface area contributed by atoms with Gasteiger partial charge in [0.05, 0.1) is 5.69 Å². The Labute approximate surface area is 86.6 Å². The van der Waals surface area contributed by atoms with Gasteiger partial charge in [-0.25, -0.2) is 4.98 Å². The number of thiocarbonyl (C=S) groups is 1. The fourth-order valence-corrected chi connectivity index (χ4v) is 1.98. The van der Waals surface area contributed by atoms with Crippen molar-refractivity contribution in [2.75, 3.05) is 5.32 Å². The van der Waals surface area contributed by atoms with Crippen LogP contribution >= 0.6 is 23.6 Å². The van der Waals surface area contributed by atoms with Gasteiger partial charge in [-0.3, -0.25) is 0 Å². The molecule has 0 unspecified atom stereocenters. The highest BCUT2D eigenvalue weighted by Gasteiger charge is 2.21. The molecule has 1 heterocycles. The van der Waals surface area contributed by atoms with Crippen molar-refractivity contribution in [2.45, 2.75) is 25.8 Å². The summed E-state index contributed by atoms with van der Waals surface area (Å²) in [6, 6.07) is 0.598. The highest BCUT2D eigenvalue weighted by molar-refractivity contribution is 7.80. The lowest BCUT2D eigenvalue weighted by molar-refractivity contribution is 0.919. The SMILES string of the molecule is Cc1csc(NC(=S)NC2CC2)n1. The van der Waals surface area contributed by atoms with Crippen LogP contribution < -0.4 is 10.6 Å². The number of aromatic nitrogens is 1. The van der Waals surface area contributed by atoms with Gasteiger partial charge in [0.25, 0.3) is 0 Å². The monoisotopic (exact) mass is 213 g/mol. The zero-order valence-electron chi connectivity index (χ0n) is 7.33. The summed E-state index contributed by atoms with van der Waals surface area (Å²) in [5.41, 5.74) is 1.03. The van der Waals surface area contributed by atoms with Gasteiger partial charge in [-0.2, -0.15) is 0 Å². The second-order valence-electron chi connectivity index (χ2n) is 3.17. The highest BCUT2D eigenvalue weighted by Crippen LogP contribution is 2.19. The van der Waals surface area contributed by atoms with Gasteiger partial charge in [0.15, 0.2) is 10.2 Å². The second-order valence-corrected chi connectivity index (χ2v) is 4.43. The number of thiazole rings is 1. The van der Waals surface area contributed by atoms with Crippen LogP contribution in [0.25, 0.3) is 0 Å². The van der Waals surface area contributed by atoms with E-state index >= 15 is 0 Å². The quantitative estimate of drug-likeness (QED) is 0.736. The maximum Gasteiger partial charge on any atom is 0.189 e. The van der Waals surface area contributed by atoms with E-state index in [1.807, 2.05) is 12.3 Å². The van der Waals surface area contributed by atoms with Gasteiger partial charge in [-0.05, 0) is 32.0 Å². The number of hydrogen-bond donors (Lipinski definition) is 2. The minimum Gasteiger partial charge on any atom is -0.360 e. The molecular formula is C8H11N3S2. The van der Waals surface area contributed by atoms with Gasteiger partial charge in [0.2, 0.25) is 0 Å². The van der Waals surface area contributed by atoms with Gasteiger partial charge < -0.3 is 10.6 Å². The molecule has 0 radical (unpaired) electrons. The lowest BCUT2D eigenvalue weighted by Crippen LogP contribution is -2.30. The zero-order chi connectivity index (χ0) is 9.26. The molecule has 1 aliphatic rings. The summed E-state index contributed by atoms with van der Waals surface area (Å²) in [7, 11) is 0. The Kier molecular flexibility index (Phi) is 2.46. The van der Waals surface area contributed by atoms with E-state index in [0.717, 1.165) is 10.8 Å². The van der Waals surface area contributed by atoms with Crippen LogP contribution in [0, 0.1) is 6.92 Å². The van der Waals surface area contributed by atoms with Crippen molar-refractivity contribution in [3.63, 3.8) is 0 Å². The average Bonchev–Trinajstić information content (AvgIpc) is 2.76. The molecule has 0 spiro atoms. The number of aryl methyl sites for hydroxylation is 1. The van der Waals surface area contributed by atoms with Crippen LogP contribution in [0.2, 0.25) is 0 Å². The van der Waals surface area contributed by atoms with Crippen LogP contribution in [-0.2, 0) is 0 Å². The Hall–Kier alpha value is -0.680. The summed E-state index contributed by atoms with van der Waals surface area (Å²) < 4.78 is 0. The minimum absolute atomic E-state index is 0.598. The molecule has 0 bridgehead atoms. The van der Waals surface area contributed by atoms with E-state index in [4.69, 9.17) is 12.2 Å². The van der Waals surface area contributed by atoms with Crippen LogP contribution in [0.1, 0.15) is 18.5 Å². The Balaban J connectivity index is 1.85. The predicted molar refractivity (Wildman–Crippen MR) is 59.2 cm³/mol. The molecular weight excluding hydrogens is 202 g/mol. The van der Waals surface area contributed by atoms with Crippen molar-refractivity contribution >= 4 is 33.8 Å². The summed E-state index contributed by atoms with van der Waals surface area (Å²) in [6.07, 6.45) is 2.47. The minimum atomic E-state index is 0.598. The van der Waals surface area contributed by atoms with Crippen molar-refractivity contribution in [2.24, 2.45) is 0 Å². The van der Waals surface area contributed by atoms with Crippen molar-refractivity contribution in [3.05, 3.63) is 11.1 Å². The molecule has 2 N–H and O–H groups in total. The Bertz CT molecular complexity index is 317. The molecule has 1 aromatic heterocycles. The maximum atomic E-state index is 5.11. The molecule has 70 valence electrons. The van der Waals surface area contributed by atoms with E-state index in [0.29, 0.717) is 11.2 Å². The molecule has 1 fully saturated rings. The summed E-state index contributed by atoms with van der Waals surface area (Å²) in [4.78, 5) is 4.26. The molecule has 1 aromatic rings. The first-order valence-electron chi connectivity index (χ1n) is 4.24. The molecule has 0 aliphatic heterocycles. The first-order valence-corrected chi connectivity index (χ1v) is 5.52. The van der Waals surface area contributed by atoms with Crippen molar-refractivity contribution in [3.8, 4) is 0 Å². The first kappa shape index (κ1) is 8.90. The molecule has 0 saturated heterocycles. The van der Waals surface area contributed by atoms with Crippen molar-refractivity contribution < 1.29 is 0 Å². The van der Waals surface area contributed by atoms with Crippen molar-refractivity contribution in [1.82, 2.24) is 10.3 Å². The van der Waals surface area contributed by atoms with Gasteiger partial charge in [-0.1, -0.05) is 0 Å². The van der Waals surface area contributed by atoms with E-state index in [1.165, 1.54) is 12.8 Å². The van der Waals surface area contributed by atoms with Gasteiger partial charge in [0.1, 0.15) is 0 Å². The molecule has 0 amide bonds. The first-order chi connectivity index (χ1) is 6.24. The molecule has 0 aromatic carbocycles. The Morgan fingerprint density at radius 3 is 3.00 bits per heavy atom. The number of rotatable bonds is 2. The number of nitrogens with zero attached hydrogens (tertiary/aromatic N) is 1. The van der Waals surface area contributed by atoms with Gasteiger partial charge >= 0.3 is 0 Å². The van der Waals surface area contributed by atoms with Crippen LogP contribution in [0.15, 0.2) is 5.38 Å². The fourth-order valence-electron chi connectivity index (χ4n) is 0.958. The van der Waals surface area contributed by atoms with Gasteiger partial charge in [0, 0.05) is 11.4 Å². The van der Waals surface area contributed by atoms with Crippen LogP contribution in [0.4, 0.5) is 5.13 Å².